The van der Waals surface area contributed by atoms with Gasteiger partial charge in [0.2, 0.25) is 5.13 Å². The molecule has 4 rings (SSSR count). The Morgan fingerprint density at radius 1 is 0.967 bits per heavy atom. The van der Waals surface area contributed by atoms with Crippen molar-refractivity contribution in [2.45, 2.75) is 40.7 Å². The van der Waals surface area contributed by atoms with Crippen LogP contribution >= 0.6 is 11.3 Å². The molecule has 1 atom stereocenters. The lowest BCUT2D eigenvalue weighted by molar-refractivity contribution is -0.117. The minimum atomic E-state index is -0.725. The Labute approximate surface area is 180 Å². The number of benzene rings is 2. The van der Waals surface area contributed by atoms with Crippen LogP contribution < -0.4 is 5.01 Å². The SMILES string of the molecule is CC1=NN(c2nc(-c3ccc(C)cc3)cs2)C(=O)C1N=Nc1c(C)cc(C)cc1C. The minimum absolute atomic E-state index is 0.233. The van der Waals surface area contributed by atoms with E-state index in [1.165, 1.54) is 27.5 Å². The summed E-state index contributed by atoms with van der Waals surface area (Å²) in [6.45, 7) is 9.89. The Hall–Kier alpha value is -3.19. The number of anilines is 1. The molecule has 1 aliphatic rings. The molecule has 0 N–H and O–H groups in total. The Morgan fingerprint density at radius 3 is 2.30 bits per heavy atom. The van der Waals surface area contributed by atoms with Gasteiger partial charge in [0.1, 0.15) is 0 Å². The van der Waals surface area contributed by atoms with Gasteiger partial charge in [-0.2, -0.15) is 20.3 Å². The number of carbonyl (C=O) groups is 1. The van der Waals surface area contributed by atoms with E-state index >= 15 is 0 Å². The third-order valence-electron chi connectivity index (χ3n) is 5.03. The molecule has 2 heterocycles. The van der Waals surface area contributed by atoms with Crippen molar-refractivity contribution in [2.24, 2.45) is 15.3 Å². The van der Waals surface area contributed by atoms with Crippen LogP contribution in [0.25, 0.3) is 11.3 Å². The summed E-state index contributed by atoms with van der Waals surface area (Å²) >= 11 is 1.39. The van der Waals surface area contributed by atoms with Gasteiger partial charge in [0.25, 0.3) is 5.91 Å². The average Bonchev–Trinajstić information content (AvgIpc) is 3.27. The number of rotatable bonds is 4. The van der Waals surface area contributed by atoms with E-state index < -0.39 is 6.04 Å². The summed E-state index contributed by atoms with van der Waals surface area (Å²) in [7, 11) is 0. The summed E-state index contributed by atoms with van der Waals surface area (Å²) in [5, 5.41) is 17.0. The maximum absolute atomic E-state index is 13.0. The fourth-order valence-electron chi connectivity index (χ4n) is 3.49. The van der Waals surface area contributed by atoms with E-state index in [-0.39, 0.29) is 5.91 Å². The topological polar surface area (TPSA) is 70.3 Å². The number of thiazole rings is 1. The number of aromatic nitrogens is 1. The van der Waals surface area contributed by atoms with E-state index in [4.69, 9.17) is 0 Å². The van der Waals surface area contributed by atoms with Crippen molar-refractivity contribution in [1.82, 2.24) is 4.98 Å². The Morgan fingerprint density at radius 2 is 1.63 bits per heavy atom. The molecule has 1 aliphatic heterocycles. The molecule has 152 valence electrons. The first-order valence-corrected chi connectivity index (χ1v) is 10.6. The zero-order valence-electron chi connectivity index (χ0n) is 17.7. The standard InChI is InChI=1S/C23H23N5OS/c1-13-6-8-18(9-7-13)19-12-30-23(24-19)28-22(29)21(17(5)27-28)26-25-20-15(3)10-14(2)11-16(20)4/h6-12,21H,1-5H3. The van der Waals surface area contributed by atoms with Crippen LogP contribution in [-0.2, 0) is 4.79 Å². The van der Waals surface area contributed by atoms with Crippen molar-refractivity contribution >= 4 is 33.8 Å². The largest absolute Gasteiger partial charge is 0.282 e. The summed E-state index contributed by atoms with van der Waals surface area (Å²) in [6.07, 6.45) is 0. The second kappa shape index (κ2) is 7.91. The second-order valence-electron chi connectivity index (χ2n) is 7.64. The molecule has 1 unspecified atom stereocenters. The quantitative estimate of drug-likeness (QED) is 0.494. The molecule has 6 nitrogen and oxygen atoms in total. The second-order valence-corrected chi connectivity index (χ2v) is 8.47. The van der Waals surface area contributed by atoms with Gasteiger partial charge in [0.15, 0.2) is 6.04 Å². The van der Waals surface area contributed by atoms with Crippen LogP contribution in [0.1, 0.15) is 29.2 Å². The Bertz CT molecular complexity index is 1150. The van der Waals surface area contributed by atoms with Crippen molar-refractivity contribution < 1.29 is 4.79 Å². The lowest BCUT2D eigenvalue weighted by atomic mass is 10.1. The van der Waals surface area contributed by atoms with E-state index in [1.54, 1.807) is 6.92 Å². The molecule has 0 spiro atoms. The van der Waals surface area contributed by atoms with Crippen LogP contribution in [-0.4, -0.2) is 22.6 Å². The van der Waals surface area contributed by atoms with Crippen LogP contribution in [0.5, 0.6) is 0 Å². The van der Waals surface area contributed by atoms with Gasteiger partial charge < -0.3 is 0 Å². The van der Waals surface area contributed by atoms with Gasteiger partial charge >= 0.3 is 0 Å². The summed E-state index contributed by atoms with van der Waals surface area (Å²) in [4.78, 5) is 17.6. The van der Waals surface area contributed by atoms with Gasteiger partial charge in [-0.05, 0) is 45.7 Å². The predicted octanol–water partition coefficient (Wildman–Crippen LogP) is 5.92. The summed E-state index contributed by atoms with van der Waals surface area (Å²) in [6, 6.07) is 11.5. The molecule has 30 heavy (non-hydrogen) atoms. The smallest absolute Gasteiger partial charge is 0.269 e. The third kappa shape index (κ3) is 3.80. The predicted molar refractivity (Wildman–Crippen MR) is 122 cm³/mol. The highest BCUT2D eigenvalue weighted by Crippen LogP contribution is 2.31. The van der Waals surface area contributed by atoms with E-state index in [2.05, 4.69) is 39.4 Å². The first-order chi connectivity index (χ1) is 14.3. The lowest BCUT2D eigenvalue weighted by Crippen LogP contribution is -2.29. The molecule has 0 radical (unpaired) electrons. The molecule has 7 heteroatoms. The van der Waals surface area contributed by atoms with Crippen LogP contribution in [0.15, 0.2) is 57.1 Å². The molecule has 0 saturated heterocycles. The van der Waals surface area contributed by atoms with Gasteiger partial charge in [-0.3, -0.25) is 4.79 Å². The van der Waals surface area contributed by atoms with Crippen molar-refractivity contribution in [2.75, 3.05) is 5.01 Å². The summed E-state index contributed by atoms with van der Waals surface area (Å²) in [5.74, 6) is -0.233. The number of azo groups is 1. The molecule has 2 aromatic carbocycles. The minimum Gasteiger partial charge on any atom is -0.269 e. The zero-order valence-corrected chi connectivity index (χ0v) is 18.5. The first kappa shape index (κ1) is 20.1. The molecule has 0 fully saturated rings. The van der Waals surface area contributed by atoms with Crippen molar-refractivity contribution in [3.63, 3.8) is 0 Å². The van der Waals surface area contributed by atoms with Crippen molar-refractivity contribution in [3.8, 4) is 11.3 Å². The maximum Gasteiger partial charge on any atom is 0.282 e. The number of hydrogen-bond donors (Lipinski definition) is 0. The lowest BCUT2D eigenvalue weighted by Gasteiger charge is -2.09. The third-order valence-corrected chi connectivity index (χ3v) is 5.84. The molecule has 0 saturated carbocycles. The van der Waals surface area contributed by atoms with Crippen molar-refractivity contribution in [1.29, 1.82) is 0 Å². The molecular formula is C23H23N5OS. The van der Waals surface area contributed by atoms with E-state index in [1.807, 2.05) is 50.4 Å². The van der Waals surface area contributed by atoms with E-state index in [0.29, 0.717) is 10.8 Å². The van der Waals surface area contributed by atoms with Gasteiger partial charge in [0.05, 0.1) is 17.1 Å². The van der Waals surface area contributed by atoms with E-state index in [9.17, 15) is 4.79 Å². The molecule has 1 amide bonds. The highest BCUT2D eigenvalue weighted by molar-refractivity contribution is 7.14. The fraction of sp³-hybridized carbons (Fsp3) is 0.261. The highest BCUT2D eigenvalue weighted by atomic mass is 32.1. The normalized spacial score (nSPS) is 16.6. The van der Waals surface area contributed by atoms with Crippen LogP contribution in [0.3, 0.4) is 0 Å². The number of aryl methyl sites for hydroxylation is 4. The van der Waals surface area contributed by atoms with E-state index in [0.717, 1.165) is 28.1 Å². The number of carbonyl (C=O) groups excluding carboxylic acids is 1. The number of nitrogens with zero attached hydrogens (tertiary/aromatic N) is 5. The highest BCUT2D eigenvalue weighted by Gasteiger charge is 2.36. The van der Waals surface area contributed by atoms with Crippen LogP contribution in [0, 0.1) is 27.7 Å². The molecule has 0 aliphatic carbocycles. The van der Waals surface area contributed by atoms with Crippen LogP contribution in [0.2, 0.25) is 0 Å². The monoisotopic (exact) mass is 417 g/mol. The molecular weight excluding hydrogens is 394 g/mol. The molecule has 0 bridgehead atoms. The number of hydrogen-bond acceptors (Lipinski definition) is 6. The van der Waals surface area contributed by atoms with Crippen LogP contribution in [0.4, 0.5) is 10.8 Å². The first-order valence-electron chi connectivity index (χ1n) is 9.74. The molecule has 1 aromatic heterocycles. The summed E-state index contributed by atoms with van der Waals surface area (Å²) in [5.41, 5.74) is 7.69. The summed E-state index contributed by atoms with van der Waals surface area (Å²) < 4.78 is 0. The van der Waals surface area contributed by atoms with Gasteiger partial charge in [-0.15, -0.1) is 11.3 Å². The van der Waals surface area contributed by atoms with Gasteiger partial charge in [0, 0.05) is 10.9 Å². The Kier molecular flexibility index (Phi) is 5.30. The van der Waals surface area contributed by atoms with Crippen molar-refractivity contribution in [3.05, 3.63) is 64.0 Å². The fourth-order valence-corrected chi connectivity index (χ4v) is 4.28. The number of hydrazone groups is 1. The maximum atomic E-state index is 13.0. The van der Waals surface area contributed by atoms with Gasteiger partial charge in [-0.25, -0.2) is 4.98 Å². The number of amides is 1. The van der Waals surface area contributed by atoms with Gasteiger partial charge in [-0.1, -0.05) is 47.5 Å². The Balaban J connectivity index is 1.56. The zero-order chi connectivity index (χ0) is 21.4. The average molecular weight is 418 g/mol. The molecule has 3 aromatic rings.